The lowest BCUT2D eigenvalue weighted by atomic mass is 10.1. The van der Waals surface area contributed by atoms with Gasteiger partial charge in [0.15, 0.2) is 0 Å². The van der Waals surface area contributed by atoms with Gasteiger partial charge in [0, 0.05) is 24.2 Å². The molecule has 2 aromatic rings. The molecule has 2 rings (SSSR count). The van der Waals surface area contributed by atoms with E-state index in [0.29, 0.717) is 13.2 Å². The van der Waals surface area contributed by atoms with Gasteiger partial charge in [-0.25, -0.2) is 0 Å². The summed E-state index contributed by atoms with van der Waals surface area (Å²) in [6.45, 7) is 3.05. The number of hydrogen-bond donors (Lipinski definition) is 1. The lowest BCUT2D eigenvalue weighted by Crippen LogP contribution is -2.08. The van der Waals surface area contributed by atoms with E-state index < -0.39 is 4.92 Å². The summed E-state index contributed by atoms with van der Waals surface area (Å²) in [5.74, 6) is 0.793. The van der Waals surface area contributed by atoms with Crippen molar-refractivity contribution in [3.63, 3.8) is 0 Å². The Morgan fingerprint density at radius 2 is 2.05 bits per heavy atom. The van der Waals surface area contributed by atoms with Crippen molar-refractivity contribution in [3.05, 3.63) is 69.3 Å². The standard InChI is InChI=1S/C16H18N2O3/c1-12-6-7-16(14(8-12)10-17-2)21-11-13-4-3-5-15(9-13)18(19)20/h3-9,17H,10-11H2,1-2H3. The van der Waals surface area contributed by atoms with Gasteiger partial charge < -0.3 is 10.1 Å². The molecule has 0 unspecified atom stereocenters. The van der Waals surface area contributed by atoms with E-state index in [2.05, 4.69) is 11.4 Å². The number of hydrogen-bond acceptors (Lipinski definition) is 4. The van der Waals surface area contributed by atoms with Gasteiger partial charge in [-0.05, 0) is 25.6 Å². The van der Waals surface area contributed by atoms with Crippen molar-refractivity contribution in [2.24, 2.45) is 0 Å². The summed E-state index contributed by atoms with van der Waals surface area (Å²) in [6.07, 6.45) is 0. The molecule has 2 aromatic carbocycles. The maximum Gasteiger partial charge on any atom is 0.269 e. The molecule has 0 aliphatic heterocycles. The molecule has 0 fully saturated rings. The molecule has 0 saturated heterocycles. The van der Waals surface area contributed by atoms with Crippen LogP contribution in [0.25, 0.3) is 0 Å². The van der Waals surface area contributed by atoms with E-state index in [1.807, 2.05) is 32.2 Å². The van der Waals surface area contributed by atoms with Crippen molar-refractivity contribution in [1.29, 1.82) is 0 Å². The highest BCUT2D eigenvalue weighted by atomic mass is 16.6. The second kappa shape index (κ2) is 6.85. The Bertz CT molecular complexity index is 641. The maximum atomic E-state index is 10.8. The number of non-ortho nitro benzene ring substituents is 1. The zero-order valence-corrected chi connectivity index (χ0v) is 12.1. The molecule has 0 saturated carbocycles. The van der Waals surface area contributed by atoms with Gasteiger partial charge in [0.2, 0.25) is 0 Å². The zero-order chi connectivity index (χ0) is 15.2. The first-order valence-electron chi connectivity index (χ1n) is 6.70. The van der Waals surface area contributed by atoms with Crippen LogP contribution in [0.3, 0.4) is 0 Å². The quantitative estimate of drug-likeness (QED) is 0.654. The number of aryl methyl sites for hydroxylation is 1. The van der Waals surface area contributed by atoms with Gasteiger partial charge in [0.1, 0.15) is 12.4 Å². The Morgan fingerprint density at radius 1 is 1.24 bits per heavy atom. The average Bonchev–Trinajstić information content (AvgIpc) is 2.47. The first kappa shape index (κ1) is 15.0. The summed E-state index contributed by atoms with van der Waals surface area (Å²) in [5.41, 5.74) is 3.10. The number of nitro groups is 1. The molecule has 110 valence electrons. The third-order valence-corrected chi connectivity index (χ3v) is 3.10. The van der Waals surface area contributed by atoms with E-state index in [9.17, 15) is 10.1 Å². The number of nitrogens with zero attached hydrogens (tertiary/aromatic N) is 1. The van der Waals surface area contributed by atoms with E-state index >= 15 is 0 Å². The summed E-state index contributed by atoms with van der Waals surface area (Å²) in [6, 6.07) is 12.5. The Kier molecular flexibility index (Phi) is 4.90. The molecule has 0 radical (unpaired) electrons. The minimum Gasteiger partial charge on any atom is -0.489 e. The van der Waals surface area contributed by atoms with Crippen LogP contribution >= 0.6 is 0 Å². The van der Waals surface area contributed by atoms with E-state index in [0.717, 1.165) is 16.9 Å². The van der Waals surface area contributed by atoms with Gasteiger partial charge in [-0.2, -0.15) is 0 Å². The van der Waals surface area contributed by atoms with E-state index in [1.54, 1.807) is 6.07 Å². The molecule has 0 aliphatic rings. The number of nitrogens with one attached hydrogen (secondary N) is 1. The Labute approximate surface area is 123 Å². The van der Waals surface area contributed by atoms with Crippen LogP contribution in [0.4, 0.5) is 5.69 Å². The molecule has 0 heterocycles. The van der Waals surface area contributed by atoms with E-state index in [-0.39, 0.29) is 5.69 Å². The molecule has 0 amide bonds. The van der Waals surface area contributed by atoms with Gasteiger partial charge >= 0.3 is 0 Å². The Balaban J connectivity index is 2.12. The van der Waals surface area contributed by atoms with E-state index in [4.69, 9.17) is 4.74 Å². The van der Waals surface area contributed by atoms with Crippen LogP contribution in [-0.2, 0) is 13.2 Å². The van der Waals surface area contributed by atoms with Crippen LogP contribution in [0.15, 0.2) is 42.5 Å². The fourth-order valence-electron chi connectivity index (χ4n) is 2.10. The van der Waals surface area contributed by atoms with Crippen LogP contribution in [0.2, 0.25) is 0 Å². The Hall–Kier alpha value is -2.40. The molecule has 0 bridgehead atoms. The molecule has 5 heteroatoms. The van der Waals surface area contributed by atoms with E-state index in [1.165, 1.54) is 17.7 Å². The van der Waals surface area contributed by atoms with Crippen molar-refractivity contribution in [2.45, 2.75) is 20.1 Å². The third kappa shape index (κ3) is 4.03. The molecule has 0 aromatic heterocycles. The third-order valence-electron chi connectivity index (χ3n) is 3.10. The van der Waals surface area contributed by atoms with Crippen molar-refractivity contribution < 1.29 is 9.66 Å². The summed E-state index contributed by atoms with van der Waals surface area (Å²) in [5, 5.41) is 13.9. The van der Waals surface area contributed by atoms with Crippen LogP contribution in [-0.4, -0.2) is 12.0 Å². The largest absolute Gasteiger partial charge is 0.489 e. The highest BCUT2D eigenvalue weighted by molar-refractivity contribution is 5.38. The fourth-order valence-corrected chi connectivity index (χ4v) is 2.10. The number of benzene rings is 2. The molecule has 21 heavy (non-hydrogen) atoms. The second-order valence-electron chi connectivity index (χ2n) is 4.86. The normalized spacial score (nSPS) is 10.4. The van der Waals surface area contributed by atoms with Crippen LogP contribution in [0.1, 0.15) is 16.7 Å². The molecular formula is C16H18N2O3. The fraction of sp³-hybridized carbons (Fsp3) is 0.250. The lowest BCUT2D eigenvalue weighted by Gasteiger charge is -2.12. The average molecular weight is 286 g/mol. The predicted molar refractivity (Wildman–Crippen MR) is 81.4 cm³/mol. The minimum atomic E-state index is -0.401. The summed E-state index contributed by atoms with van der Waals surface area (Å²) in [4.78, 5) is 10.4. The second-order valence-corrected chi connectivity index (χ2v) is 4.86. The number of nitro benzene ring substituents is 1. The maximum absolute atomic E-state index is 10.8. The molecule has 0 aliphatic carbocycles. The predicted octanol–water partition coefficient (Wildman–Crippen LogP) is 3.20. The van der Waals surface area contributed by atoms with Crippen molar-refractivity contribution in [3.8, 4) is 5.75 Å². The van der Waals surface area contributed by atoms with Crippen LogP contribution in [0.5, 0.6) is 5.75 Å². The SMILES string of the molecule is CNCc1cc(C)ccc1OCc1cccc([N+](=O)[O-])c1. The molecule has 1 N–H and O–H groups in total. The summed E-state index contributed by atoms with van der Waals surface area (Å²) >= 11 is 0. The monoisotopic (exact) mass is 286 g/mol. The lowest BCUT2D eigenvalue weighted by molar-refractivity contribution is -0.384. The Morgan fingerprint density at radius 3 is 2.76 bits per heavy atom. The molecular weight excluding hydrogens is 268 g/mol. The highest BCUT2D eigenvalue weighted by Gasteiger charge is 2.08. The zero-order valence-electron chi connectivity index (χ0n) is 12.1. The molecule has 0 atom stereocenters. The molecule has 0 spiro atoms. The first-order chi connectivity index (χ1) is 10.1. The minimum absolute atomic E-state index is 0.0791. The summed E-state index contributed by atoms with van der Waals surface area (Å²) in [7, 11) is 1.88. The van der Waals surface area contributed by atoms with Gasteiger partial charge in [0.25, 0.3) is 5.69 Å². The van der Waals surface area contributed by atoms with Gasteiger partial charge in [0.05, 0.1) is 4.92 Å². The van der Waals surface area contributed by atoms with Gasteiger partial charge in [-0.3, -0.25) is 10.1 Å². The smallest absolute Gasteiger partial charge is 0.269 e. The topological polar surface area (TPSA) is 64.4 Å². The molecule has 5 nitrogen and oxygen atoms in total. The van der Waals surface area contributed by atoms with Gasteiger partial charge in [-0.15, -0.1) is 0 Å². The number of ether oxygens (including phenoxy) is 1. The van der Waals surface area contributed by atoms with Crippen molar-refractivity contribution in [1.82, 2.24) is 5.32 Å². The number of rotatable bonds is 6. The summed E-state index contributed by atoms with van der Waals surface area (Å²) < 4.78 is 5.80. The van der Waals surface area contributed by atoms with Gasteiger partial charge in [-0.1, -0.05) is 29.8 Å². The van der Waals surface area contributed by atoms with Crippen molar-refractivity contribution in [2.75, 3.05) is 7.05 Å². The van der Waals surface area contributed by atoms with Crippen LogP contribution in [0, 0.1) is 17.0 Å². The highest BCUT2D eigenvalue weighted by Crippen LogP contribution is 2.22. The van der Waals surface area contributed by atoms with Crippen LogP contribution < -0.4 is 10.1 Å². The van der Waals surface area contributed by atoms with Crippen molar-refractivity contribution >= 4 is 5.69 Å². The first-order valence-corrected chi connectivity index (χ1v) is 6.70.